The molecule has 4 heteroatoms. The van der Waals surface area contributed by atoms with E-state index in [0.717, 1.165) is 9.10 Å². The molecule has 76 valence electrons. The van der Waals surface area contributed by atoms with Crippen LogP contribution < -0.4 is 0 Å². The molecule has 1 aromatic carbocycles. The monoisotopic (exact) mass is 242 g/mol. The molecule has 0 aliphatic rings. The summed E-state index contributed by atoms with van der Waals surface area (Å²) in [5, 5.41) is 17.7. The van der Waals surface area contributed by atoms with Gasteiger partial charge >= 0.3 is 0 Å². The Morgan fingerprint density at radius 3 is 2.44 bits per heavy atom. The van der Waals surface area contributed by atoms with Gasteiger partial charge in [0.15, 0.2) is 0 Å². The van der Waals surface area contributed by atoms with Gasteiger partial charge in [0, 0.05) is 4.90 Å². The van der Waals surface area contributed by atoms with E-state index in [9.17, 15) is 0 Å². The summed E-state index contributed by atoms with van der Waals surface area (Å²) in [6.07, 6.45) is 0. The average Bonchev–Trinajstić information content (AvgIpc) is 2.73. The van der Waals surface area contributed by atoms with E-state index < -0.39 is 0 Å². The van der Waals surface area contributed by atoms with E-state index >= 15 is 0 Å². The summed E-state index contributed by atoms with van der Waals surface area (Å²) in [5.74, 6) is 0. The van der Waals surface area contributed by atoms with Crippen molar-refractivity contribution in [3.8, 4) is 12.1 Å². The Bertz CT molecular complexity index is 573. The van der Waals surface area contributed by atoms with Crippen LogP contribution >= 0.6 is 23.1 Å². The minimum Gasteiger partial charge on any atom is -0.192 e. The maximum atomic E-state index is 8.94. The van der Waals surface area contributed by atoms with E-state index in [1.165, 1.54) is 23.1 Å². The maximum Gasteiger partial charge on any atom is 0.110 e. The number of nitriles is 2. The molecule has 1 aromatic heterocycles. The molecule has 0 N–H and O–H groups in total. The lowest BCUT2D eigenvalue weighted by Crippen LogP contribution is -1.71. The first kappa shape index (κ1) is 10.8. The normalized spacial score (nSPS) is 9.38. The second-order valence-corrected chi connectivity index (χ2v) is 5.34. The Hall–Kier alpha value is -1.75. The topological polar surface area (TPSA) is 47.6 Å². The predicted octanol–water partition coefficient (Wildman–Crippen LogP) is 3.64. The van der Waals surface area contributed by atoms with Gasteiger partial charge in [-0.25, -0.2) is 0 Å². The Kier molecular flexibility index (Phi) is 3.26. The van der Waals surface area contributed by atoms with Crippen molar-refractivity contribution in [3.05, 3.63) is 46.8 Å². The highest BCUT2D eigenvalue weighted by atomic mass is 32.2. The first-order valence-electron chi connectivity index (χ1n) is 4.50. The number of thiophene rings is 1. The standard InChI is InChI=1S/C12H6N2S2/c13-7-9-6-11(8-14)16-12(9)15-10-4-2-1-3-5-10/h1-6H. The van der Waals surface area contributed by atoms with E-state index in [-0.39, 0.29) is 0 Å². The fraction of sp³-hybridized carbons (Fsp3) is 0. The summed E-state index contributed by atoms with van der Waals surface area (Å²) in [7, 11) is 0. The molecule has 0 radical (unpaired) electrons. The molecule has 1 heterocycles. The smallest absolute Gasteiger partial charge is 0.110 e. The van der Waals surface area contributed by atoms with Crippen LogP contribution in [0.1, 0.15) is 10.4 Å². The summed E-state index contributed by atoms with van der Waals surface area (Å²) in [4.78, 5) is 1.65. The van der Waals surface area contributed by atoms with Crippen molar-refractivity contribution < 1.29 is 0 Å². The van der Waals surface area contributed by atoms with Crippen molar-refractivity contribution in [2.24, 2.45) is 0 Å². The summed E-state index contributed by atoms with van der Waals surface area (Å²) < 4.78 is 0.880. The van der Waals surface area contributed by atoms with Crippen LogP contribution in [-0.2, 0) is 0 Å². The fourth-order valence-corrected chi connectivity index (χ4v) is 3.26. The van der Waals surface area contributed by atoms with E-state index in [1.54, 1.807) is 6.07 Å². The minimum atomic E-state index is 0.579. The van der Waals surface area contributed by atoms with Gasteiger partial charge in [-0.1, -0.05) is 30.0 Å². The highest BCUT2D eigenvalue weighted by molar-refractivity contribution is 8.01. The number of hydrogen-bond donors (Lipinski definition) is 0. The number of hydrogen-bond acceptors (Lipinski definition) is 4. The molecular formula is C12H6N2S2. The Morgan fingerprint density at radius 2 is 1.81 bits per heavy atom. The van der Waals surface area contributed by atoms with E-state index in [1.807, 2.05) is 30.3 Å². The van der Waals surface area contributed by atoms with E-state index in [4.69, 9.17) is 10.5 Å². The van der Waals surface area contributed by atoms with Crippen molar-refractivity contribution in [1.82, 2.24) is 0 Å². The van der Waals surface area contributed by atoms with Gasteiger partial charge in [-0.3, -0.25) is 0 Å². The molecule has 0 aliphatic heterocycles. The van der Waals surface area contributed by atoms with Gasteiger partial charge in [0.25, 0.3) is 0 Å². The summed E-state index contributed by atoms with van der Waals surface area (Å²) >= 11 is 2.88. The summed E-state index contributed by atoms with van der Waals surface area (Å²) in [5.41, 5.74) is 0.579. The quantitative estimate of drug-likeness (QED) is 0.807. The molecule has 2 aromatic rings. The zero-order valence-corrected chi connectivity index (χ0v) is 9.81. The van der Waals surface area contributed by atoms with Crippen molar-refractivity contribution >= 4 is 23.1 Å². The number of benzene rings is 1. The largest absolute Gasteiger partial charge is 0.192 e. The second-order valence-electron chi connectivity index (χ2n) is 2.95. The van der Waals surface area contributed by atoms with Crippen molar-refractivity contribution in [1.29, 1.82) is 10.5 Å². The number of nitrogens with zero attached hydrogens (tertiary/aromatic N) is 2. The van der Waals surface area contributed by atoms with Crippen LogP contribution in [0.4, 0.5) is 0 Å². The van der Waals surface area contributed by atoms with Gasteiger partial charge in [-0.05, 0) is 18.2 Å². The molecule has 2 nitrogen and oxygen atoms in total. The van der Waals surface area contributed by atoms with Crippen LogP contribution in [0.3, 0.4) is 0 Å². The summed E-state index contributed by atoms with van der Waals surface area (Å²) in [6, 6.07) is 15.6. The molecular weight excluding hydrogens is 236 g/mol. The van der Waals surface area contributed by atoms with Crippen LogP contribution in [-0.4, -0.2) is 0 Å². The predicted molar refractivity (Wildman–Crippen MR) is 64.3 cm³/mol. The Labute approximate surface area is 102 Å². The van der Waals surface area contributed by atoms with Gasteiger partial charge in [0.2, 0.25) is 0 Å². The first-order valence-corrected chi connectivity index (χ1v) is 6.13. The lowest BCUT2D eigenvalue weighted by Gasteiger charge is -1.97. The van der Waals surface area contributed by atoms with Crippen molar-refractivity contribution in [3.63, 3.8) is 0 Å². The molecule has 0 bridgehead atoms. The molecule has 0 saturated carbocycles. The van der Waals surface area contributed by atoms with Crippen LogP contribution in [0.2, 0.25) is 0 Å². The SMILES string of the molecule is N#Cc1cc(C#N)c(Sc2ccccc2)s1. The molecule has 0 fully saturated rings. The van der Waals surface area contributed by atoms with E-state index in [2.05, 4.69) is 12.1 Å². The number of rotatable bonds is 2. The molecule has 0 saturated heterocycles. The lowest BCUT2D eigenvalue weighted by molar-refractivity contribution is 1.43. The zero-order valence-electron chi connectivity index (χ0n) is 8.18. The van der Waals surface area contributed by atoms with Crippen LogP contribution in [0, 0.1) is 22.7 Å². The molecule has 0 spiro atoms. The third-order valence-corrected chi connectivity index (χ3v) is 4.13. The molecule has 16 heavy (non-hydrogen) atoms. The van der Waals surface area contributed by atoms with Crippen LogP contribution in [0.5, 0.6) is 0 Å². The lowest BCUT2D eigenvalue weighted by atomic mass is 10.3. The minimum absolute atomic E-state index is 0.579. The second kappa shape index (κ2) is 4.85. The molecule has 0 aliphatic carbocycles. The highest BCUT2D eigenvalue weighted by Crippen LogP contribution is 2.36. The van der Waals surface area contributed by atoms with Gasteiger partial charge in [-0.15, -0.1) is 11.3 Å². The third-order valence-electron chi connectivity index (χ3n) is 1.88. The van der Waals surface area contributed by atoms with Gasteiger partial charge in [0.1, 0.15) is 17.0 Å². The van der Waals surface area contributed by atoms with Crippen molar-refractivity contribution in [2.45, 2.75) is 9.10 Å². The zero-order chi connectivity index (χ0) is 11.4. The highest BCUT2D eigenvalue weighted by Gasteiger charge is 2.09. The first-order chi connectivity index (χ1) is 7.83. The Morgan fingerprint density at radius 1 is 1.06 bits per heavy atom. The average molecular weight is 242 g/mol. The summed E-state index contributed by atoms with van der Waals surface area (Å²) in [6.45, 7) is 0. The maximum absolute atomic E-state index is 8.94. The van der Waals surface area contributed by atoms with Gasteiger partial charge in [-0.2, -0.15) is 10.5 Å². The van der Waals surface area contributed by atoms with Crippen molar-refractivity contribution in [2.75, 3.05) is 0 Å². The molecule has 0 amide bonds. The third kappa shape index (κ3) is 2.25. The van der Waals surface area contributed by atoms with E-state index in [0.29, 0.717) is 10.4 Å². The molecule has 0 atom stereocenters. The molecule has 0 unspecified atom stereocenters. The van der Waals surface area contributed by atoms with Gasteiger partial charge in [0.05, 0.1) is 9.77 Å². The molecule has 2 rings (SSSR count). The Balaban J connectivity index is 2.32. The van der Waals surface area contributed by atoms with Crippen LogP contribution in [0.25, 0.3) is 0 Å². The van der Waals surface area contributed by atoms with Gasteiger partial charge < -0.3 is 0 Å². The fourth-order valence-electron chi connectivity index (χ4n) is 1.18. The van der Waals surface area contributed by atoms with Crippen LogP contribution in [0.15, 0.2) is 45.5 Å².